The molecular weight excluding hydrogens is 288 g/mol. The standard InChI is InChI=1S/C15H19BrN2/c1-11(12-6-8-14(16)9-7-12)18-15-5-3-2-4-13(15)10-17/h6-9,11,13,15,18H,2-5H2,1H3. The van der Waals surface area contributed by atoms with E-state index < -0.39 is 0 Å². The van der Waals surface area contributed by atoms with Crippen molar-refractivity contribution in [2.24, 2.45) is 5.92 Å². The first-order chi connectivity index (χ1) is 8.70. The molecule has 3 atom stereocenters. The van der Waals surface area contributed by atoms with Gasteiger partial charge >= 0.3 is 0 Å². The molecule has 0 saturated heterocycles. The second-order valence-corrected chi connectivity index (χ2v) is 5.98. The number of hydrogen-bond donors (Lipinski definition) is 1. The summed E-state index contributed by atoms with van der Waals surface area (Å²) in [6.07, 6.45) is 4.60. The Hall–Kier alpha value is -0.850. The summed E-state index contributed by atoms with van der Waals surface area (Å²) < 4.78 is 1.10. The molecular formula is C15H19BrN2. The van der Waals surface area contributed by atoms with Crippen molar-refractivity contribution in [2.45, 2.75) is 44.7 Å². The van der Waals surface area contributed by atoms with E-state index in [1.54, 1.807) is 0 Å². The van der Waals surface area contributed by atoms with Gasteiger partial charge in [-0.1, -0.05) is 40.9 Å². The van der Waals surface area contributed by atoms with E-state index in [0.717, 1.165) is 17.3 Å². The van der Waals surface area contributed by atoms with E-state index in [2.05, 4.69) is 58.5 Å². The molecule has 0 radical (unpaired) electrons. The Bertz CT molecular complexity index is 421. The third-order valence-electron chi connectivity index (χ3n) is 3.77. The summed E-state index contributed by atoms with van der Waals surface area (Å²) >= 11 is 3.45. The van der Waals surface area contributed by atoms with Gasteiger partial charge in [-0.05, 0) is 37.5 Å². The predicted octanol–water partition coefficient (Wildman–Crippen LogP) is 4.18. The molecule has 18 heavy (non-hydrogen) atoms. The van der Waals surface area contributed by atoms with Gasteiger partial charge in [0.15, 0.2) is 0 Å². The zero-order valence-electron chi connectivity index (χ0n) is 10.7. The van der Waals surface area contributed by atoms with Gasteiger partial charge in [-0.3, -0.25) is 0 Å². The lowest BCUT2D eigenvalue weighted by atomic mass is 9.85. The highest BCUT2D eigenvalue weighted by Gasteiger charge is 2.26. The number of rotatable bonds is 3. The second-order valence-electron chi connectivity index (χ2n) is 5.07. The third kappa shape index (κ3) is 3.34. The predicted molar refractivity (Wildman–Crippen MR) is 77.1 cm³/mol. The maximum Gasteiger partial charge on any atom is 0.0672 e. The first-order valence-electron chi connectivity index (χ1n) is 6.62. The van der Waals surface area contributed by atoms with Gasteiger partial charge in [-0.15, -0.1) is 0 Å². The van der Waals surface area contributed by atoms with Crippen molar-refractivity contribution in [2.75, 3.05) is 0 Å². The molecule has 0 bridgehead atoms. The highest BCUT2D eigenvalue weighted by atomic mass is 79.9. The van der Waals surface area contributed by atoms with Crippen LogP contribution in [-0.4, -0.2) is 6.04 Å². The summed E-state index contributed by atoms with van der Waals surface area (Å²) in [7, 11) is 0. The molecule has 0 amide bonds. The highest BCUT2D eigenvalue weighted by molar-refractivity contribution is 9.10. The lowest BCUT2D eigenvalue weighted by molar-refractivity contribution is 0.292. The minimum atomic E-state index is 0.177. The van der Waals surface area contributed by atoms with Gasteiger partial charge in [0.05, 0.1) is 12.0 Å². The number of hydrogen-bond acceptors (Lipinski definition) is 2. The molecule has 1 aliphatic rings. The largest absolute Gasteiger partial charge is 0.306 e. The summed E-state index contributed by atoms with van der Waals surface area (Å²) in [5.41, 5.74) is 1.28. The Morgan fingerprint density at radius 3 is 2.61 bits per heavy atom. The van der Waals surface area contributed by atoms with Crippen LogP contribution in [0.4, 0.5) is 0 Å². The first-order valence-corrected chi connectivity index (χ1v) is 7.41. The van der Waals surface area contributed by atoms with Gasteiger partial charge in [0.1, 0.15) is 0 Å². The van der Waals surface area contributed by atoms with E-state index in [1.165, 1.54) is 18.4 Å². The van der Waals surface area contributed by atoms with Crippen molar-refractivity contribution in [3.8, 4) is 6.07 Å². The van der Waals surface area contributed by atoms with Crippen LogP contribution in [-0.2, 0) is 0 Å². The average molecular weight is 307 g/mol. The summed E-state index contributed by atoms with van der Waals surface area (Å²) in [5.74, 6) is 0.177. The normalized spacial score (nSPS) is 25.4. The van der Waals surface area contributed by atoms with Crippen LogP contribution in [0.3, 0.4) is 0 Å². The number of nitrogens with one attached hydrogen (secondary N) is 1. The zero-order valence-corrected chi connectivity index (χ0v) is 12.3. The molecule has 1 aromatic carbocycles. The maximum absolute atomic E-state index is 9.19. The first kappa shape index (κ1) is 13.6. The summed E-state index contributed by atoms with van der Waals surface area (Å²) in [5, 5.41) is 12.8. The van der Waals surface area contributed by atoms with Crippen LogP contribution < -0.4 is 5.32 Å². The average Bonchev–Trinajstić information content (AvgIpc) is 2.40. The molecule has 2 nitrogen and oxygen atoms in total. The Labute approximate surface area is 118 Å². The van der Waals surface area contributed by atoms with Gasteiger partial charge in [0.2, 0.25) is 0 Å². The molecule has 1 aromatic rings. The number of halogens is 1. The van der Waals surface area contributed by atoms with Crippen LogP contribution in [0.15, 0.2) is 28.7 Å². The lowest BCUT2D eigenvalue weighted by Crippen LogP contribution is -2.39. The molecule has 1 fully saturated rings. The highest BCUT2D eigenvalue weighted by Crippen LogP contribution is 2.26. The summed E-state index contributed by atoms with van der Waals surface area (Å²) in [4.78, 5) is 0. The summed E-state index contributed by atoms with van der Waals surface area (Å²) in [6.45, 7) is 2.17. The maximum atomic E-state index is 9.19. The molecule has 2 rings (SSSR count). The molecule has 1 aliphatic carbocycles. The Morgan fingerprint density at radius 1 is 1.28 bits per heavy atom. The smallest absolute Gasteiger partial charge is 0.0672 e. The fraction of sp³-hybridized carbons (Fsp3) is 0.533. The van der Waals surface area contributed by atoms with Crippen molar-refractivity contribution >= 4 is 15.9 Å². The van der Waals surface area contributed by atoms with Crippen molar-refractivity contribution in [1.82, 2.24) is 5.32 Å². The van der Waals surface area contributed by atoms with Crippen LogP contribution in [0.5, 0.6) is 0 Å². The quantitative estimate of drug-likeness (QED) is 0.909. The Morgan fingerprint density at radius 2 is 1.94 bits per heavy atom. The van der Waals surface area contributed by atoms with Crippen molar-refractivity contribution in [3.05, 3.63) is 34.3 Å². The van der Waals surface area contributed by atoms with E-state index in [0.29, 0.717) is 12.1 Å². The molecule has 0 heterocycles. The minimum absolute atomic E-state index is 0.177. The zero-order chi connectivity index (χ0) is 13.0. The fourth-order valence-corrected chi connectivity index (χ4v) is 2.92. The molecule has 1 saturated carbocycles. The van der Waals surface area contributed by atoms with E-state index in [9.17, 15) is 5.26 Å². The lowest BCUT2D eigenvalue weighted by Gasteiger charge is -2.30. The van der Waals surface area contributed by atoms with Gasteiger partial charge < -0.3 is 5.32 Å². The SMILES string of the molecule is CC(NC1CCCCC1C#N)c1ccc(Br)cc1. The molecule has 0 aromatic heterocycles. The fourth-order valence-electron chi connectivity index (χ4n) is 2.65. The van der Waals surface area contributed by atoms with Crippen LogP contribution in [0, 0.1) is 17.2 Å². The van der Waals surface area contributed by atoms with Crippen LogP contribution >= 0.6 is 15.9 Å². The van der Waals surface area contributed by atoms with Gasteiger partial charge in [-0.25, -0.2) is 0 Å². The number of benzene rings is 1. The van der Waals surface area contributed by atoms with Gasteiger partial charge in [0, 0.05) is 16.6 Å². The molecule has 1 N–H and O–H groups in total. The molecule has 3 unspecified atom stereocenters. The third-order valence-corrected chi connectivity index (χ3v) is 4.29. The van der Waals surface area contributed by atoms with Gasteiger partial charge in [0.25, 0.3) is 0 Å². The molecule has 96 valence electrons. The van der Waals surface area contributed by atoms with Gasteiger partial charge in [-0.2, -0.15) is 5.26 Å². The monoisotopic (exact) mass is 306 g/mol. The number of nitrogens with zero attached hydrogens (tertiary/aromatic N) is 1. The van der Waals surface area contributed by atoms with E-state index in [-0.39, 0.29) is 5.92 Å². The summed E-state index contributed by atoms with van der Waals surface area (Å²) in [6, 6.07) is 11.5. The van der Waals surface area contributed by atoms with E-state index in [1.807, 2.05) is 0 Å². The number of nitriles is 1. The van der Waals surface area contributed by atoms with E-state index >= 15 is 0 Å². The van der Waals surface area contributed by atoms with E-state index in [4.69, 9.17) is 0 Å². The van der Waals surface area contributed by atoms with Crippen molar-refractivity contribution in [3.63, 3.8) is 0 Å². The Kier molecular flexibility index (Phi) is 4.79. The topological polar surface area (TPSA) is 35.8 Å². The molecule has 3 heteroatoms. The Balaban J connectivity index is 1.99. The van der Waals surface area contributed by atoms with Crippen LogP contribution in [0.1, 0.15) is 44.2 Å². The minimum Gasteiger partial charge on any atom is -0.306 e. The molecule has 0 aliphatic heterocycles. The van der Waals surface area contributed by atoms with Crippen LogP contribution in [0.25, 0.3) is 0 Å². The second kappa shape index (κ2) is 6.36. The van der Waals surface area contributed by atoms with Crippen molar-refractivity contribution in [1.29, 1.82) is 5.26 Å². The van der Waals surface area contributed by atoms with Crippen LogP contribution in [0.2, 0.25) is 0 Å². The molecule has 0 spiro atoms. The van der Waals surface area contributed by atoms with Crippen molar-refractivity contribution < 1.29 is 0 Å².